The summed E-state index contributed by atoms with van der Waals surface area (Å²) < 4.78 is 6.24. The second-order valence-electron chi connectivity index (χ2n) is 2.26. The summed E-state index contributed by atoms with van der Waals surface area (Å²) in [5.41, 5.74) is 0.785. The maximum absolute atomic E-state index is 4.94. The van der Waals surface area contributed by atoms with Gasteiger partial charge in [-0.25, -0.2) is 0 Å². The highest BCUT2D eigenvalue weighted by atomic mass is 79.9. The highest BCUT2D eigenvalue weighted by Crippen LogP contribution is 2.20. The normalized spacial score (nSPS) is 10.3. The number of nitrogens with zero attached hydrogens (tertiary/aromatic N) is 3. The van der Waals surface area contributed by atoms with Crippen LogP contribution in [0.1, 0.15) is 0 Å². The highest BCUT2D eigenvalue weighted by molar-refractivity contribution is 9.10. The first-order valence-corrected chi connectivity index (χ1v) is 4.94. The Morgan fingerprint density at radius 1 is 1.23 bits per heavy atom. The maximum atomic E-state index is 4.94. The van der Waals surface area contributed by atoms with Crippen molar-refractivity contribution in [1.29, 1.82) is 0 Å². The van der Waals surface area contributed by atoms with Crippen LogP contribution in [0.3, 0.4) is 0 Å². The van der Waals surface area contributed by atoms with Gasteiger partial charge in [0.05, 0.1) is 5.56 Å². The number of hydrogen-bond acceptors (Lipinski definition) is 4. The van der Waals surface area contributed by atoms with E-state index in [0.717, 1.165) is 10.0 Å². The molecule has 2 heterocycles. The third-order valence-corrected chi connectivity index (χ3v) is 2.11. The zero-order chi connectivity index (χ0) is 9.26. The van der Waals surface area contributed by atoms with Gasteiger partial charge in [0.25, 0.3) is 5.89 Å². The summed E-state index contributed by atoms with van der Waals surface area (Å²) in [7, 11) is 0. The molecule has 0 radical (unpaired) electrons. The Bertz CT molecular complexity index is 429. The van der Waals surface area contributed by atoms with E-state index in [1.165, 1.54) is 0 Å². The van der Waals surface area contributed by atoms with Crippen LogP contribution in [0.25, 0.3) is 11.5 Å². The summed E-state index contributed by atoms with van der Waals surface area (Å²) in [4.78, 5) is 7.98. The Kier molecular flexibility index (Phi) is 2.41. The molecule has 13 heavy (non-hydrogen) atoms. The van der Waals surface area contributed by atoms with Crippen LogP contribution in [0.2, 0.25) is 0 Å². The van der Waals surface area contributed by atoms with Gasteiger partial charge in [-0.3, -0.25) is 4.98 Å². The van der Waals surface area contributed by atoms with Crippen molar-refractivity contribution in [3.63, 3.8) is 0 Å². The third-order valence-electron chi connectivity index (χ3n) is 1.35. The number of pyridine rings is 1. The molecular weight excluding hydrogens is 302 g/mol. The van der Waals surface area contributed by atoms with E-state index in [1.54, 1.807) is 12.4 Å². The minimum atomic E-state index is 0.433. The molecule has 0 aromatic carbocycles. The van der Waals surface area contributed by atoms with Crippen molar-refractivity contribution in [2.24, 2.45) is 0 Å². The van der Waals surface area contributed by atoms with Crippen LogP contribution in [0, 0.1) is 0 Å². The lowest BCUT2D eigenvalue weighted by Gasteiger charge is -1.92. The van der Waals surface area contributed by atoms with Crippen LogP contribution < -0.4 is 0 Å². The Labute approximate surface area is 90.6 Å². The minimum Gasteiger partial charge on any atom is -0.333 e. The third kappa shape index (κ3) is 1.94. The van der Waals surface area contributed by atoms with Gasteiger partial charge in [-0.2, -0.15) is 4.98 Å². The first-order valence-electron chi connectivity index (χ1n) is 3.36. The first kappa shape index (κ1) is 8.83. The summed E-state index contributed by atoms with van der Waals surface area (Å²) in [6.45, 7) is 0. The van der Waals surface area contributed by atoms with Crippen molar-refractivity contribution in [1.82, 2.24) is 15.1 Å². The molecule has 2 rings (SSSR count). The van der Waals surface area contributed by atoms with Gasteiger partial charge in [0, 0.05) is 16.9 Å². The fourth-order valence-corrected chi connectivity index (χ4v) is 1.45. The largest absolute Gasteiger partial charge is 0.333 e. The average Bonchev–Trinajstić information content (AvgIpc) is 2.52. The molecule has 0 spiro atoms. The van der Waals surface area contributed by atoms with Crippen LogP contribution in [0.15, 0.2) is 32.2 Å². The lowest BCUT2D eigenvalue weighted by molar-refractivity contribution is 0.426. The van der Waals surface area contributed by atoms with Gasteiger partial charge >= 0.3 is 0 Å². The summed E-state index contributed by atoms with van der Waals surface area (Å²) in [5, 5.41) is 3.61. The van der Waals surface area contributed by atoms with Crippen LogP contribution in [-0.4, -0.2) is 15.1 Å². The molecule has 0 saturated carbocycles. The second-order valence-corrected chi connectivity index (χ2v) is 3.89. The van der Waals surface area contributed by atoms with E-state index in [-0.39, 0.29) is 0 Å². The molecule has 0 amide bonds. The average molecular weight is 305 g/mol. The van der Waals surface area contributed by atoms with Gasteiger partial charge in [0.1, 0.15) is 0 Å². The monoisotopic (exact) mass is 303 g/mol. The van der Waals surface area contributed by atoms with Crippen molar-refractivity contribution in [2.75, 3.05) is 0 Å². The number of hydrogen-bond donors (Lipinski definition) is 0. The van der Waals surface area contributed by atoms with E-state index >= 15 is 0 Å². The number of rotatable bonds is 1. The van der Waals surface area contributed by atoms with Crippen LogP contribution in [0.5, 0.6) is 0 Å². The zero-order valence-corrected chi connectivity index (χ0v) is 9.41. The molecule has 66 valence electrons. The molecule has 0 aliphatic carbocycles. The minimum absolute atomic E-state index is 0.433. The van der Waals surface area contributed by atoms with Gasteiger partial charge in [0.15, 0.2) is 0 Å². The summed E-state index contributed by atoms with van der Waals surface area (Å²) in [5.74, 6) is 0.445. The predicted molar refractivity (Wildman–Crippen MR) is 52.9 cm³/mol. The van der Waals surface area contributed by atoms with E-state index in [1.807, 2.05) is 6.07 Å². The quantitative estimate of drug-likeness (QED) is 0.813. The molecule has 0 aliphatic rings. The Morgan fingerprint density at radius 2 is 2.08 bits per heavy atom. The van der Waals surface area contributed by atoms with E-state index < -0.39 is 0 Å². The Morgan fingerprint density at radius 3 is 2.69 bits per heavy atom. The molecule has 2 aromatic rings. The van der Waals surface area contributed by atoms with Gasteiger partial charge in [-0.05, 0) is 43.1 Å². The molecular formula is C7H3Br2N3O. The van der Waals surface area contributed by atoms with Crippen molar-refractivity contribution in [3.8, 4) is 11.5 Å². The summed E-state index contributed by atoms with van der Waals surface area (Å²) >= 11 is 6.40. The molecule has 0 saturated heterocycles. The smallest absolute Gasteiger partial charge is 0.260 e. The predicted octanol–water partition coefficient (Wildman–Crippen LogP) is 2.66. The Hall–Kier alpha value is -0.750. The van der Waals surface area contributed by atoms with Gasteiger partial charge < -0.3 is 4.52 Å². The van der Waals surface area contributed by atoms with E-state index in [2.05, 4.69) is 47.0 Å². The maximum Gasteiger partial charge on any atom is 0.260 e. The molecule has 0 fully saturated rings. The van der Waals surface area contributed by atoms with Crippen molar-refractivity contribution >= 4 is 31.9 Å². The van der Waals surface area contributed by atoms with Gasteiger partial charge in [-0.1, -0.05) is 0 Å². The number of aromatic nitrogens is 3. The van der Waals surface area contributed by atoms with Gasteiger partial charge in [0.2, 0.25) is 4.73 Å². The Balaban J connectivity index is 2.46. The molecule has 0 aliphatic heterocycles. The molecule has 4 nitrogen and oxygen atoms in total. The summed E-state index contributed by atoms with van der Waals surface area (Å²) in [6.07, 6.45) is 3.35. The molecule has 0 unspecified atom stereocenters. The zero-order valence-electron chi connectivity index (χ0n) is 6.24. The molecule has 6 heteroatoms. The fourth-order valence-electron chi connectivity index (χ4n) is 0.852. The molecule has 0 N–H and O–H groups in total. The standard InChI is InChI=1S/C7H3Br2N3O/c8-5-1-4(2-10-3-5)6-11-7(9)12-13-6/h1-3H. The van der Waals surface area contributed by atoms with Crippen molar-refractivity contribution < 1.29 is 4.52 Å². The molecule has 2 aromatic heterocycles. The van der Waals surface area contributed by atoms with Crippen LogP contribution in [-0.2, 0) is 0 Å². The molecule has 0 bridgehead atoms. The van der Waals surface area contributed by atoms with Crippen LogP contribution >= 0.6 is 31.9 Å². The lowest BCUT2D eigenvalue weighted by atomic mass is 10.3. The fraction of sp³-hybridized carbons (Fsp3) is 0. The van der Waals surface area contributed by atoms with E-state index in [0.29, 0.717) is 10.6 Å². The van der Waals surface area contributed by atoms with Crippen molar-refractivity contribution in [2.45, 2.75) is 0 Å². The first-order chi connectivity index (χ1) is 6.25. The summed E-state index contributed by atoms with van der Waals surface area (Å²) in [6, 6.07) is 1.85. The SMILES string of the molecule is Brc1cncc(-c2nc(Br)no2)c1. The highest BCUT2D eigenvalue weighted by Gasteiger charge is 2.06. The van der Waals surface area contributed by atoms with Gasteiger partial charge in [-0.15, -0.1) is 0 Å². The van der Waals surface area contributed by atoms with Crippen molar-refractivity contribution in [3.05, 3.63) is 27.7 Å². The second kappa shape index (κ2) is 3.55. The molecule has 0 atom stereocenters. The number of halogens is 2. The topological polar surface area (TPSA) is 51.8 Å². The van der Waals surface area contributed by atoms with E-state index in [4.69, 9.17) is 4.52 Å². The lowest BCUT2D eigenvalue weighted by Crippen LogP contribution is -1.79. The van der Waals surface area contributed by atoms with E-state index in [9.17, 15) is 0 Å². The van der Waals surface area contributed by atoms with Crippen LogP contribution in [0.4, 0.5) is 0 Å².